The Balaban J connectivity index is 2.13. The van der Waals surface area contributed by atoms with Crippen molar-refractivity contribution in [3.05, 3.63) is 35.9 Å². The van der Waals surface area contributed by atoms with Crippen LogP contribution in [0.15, 0.2) is 30.3 Å². The van der Waals surface area contributed by atoms with Crippen LogP contribution in [0.1, 0.15) is 44.7 Å². The summed E-state index contributed by atoms with van der Waals surface area (Å²) in [6, 6.07) is 13.1. The van der Waals surface area contributed by atoms with Gasteiger partial charge in [-0.1, -0.05) is 43.7 Å². The van der Waals surface area contributed by atoms with Gasteiger partial charge < -0.3 is 0 Å². The SMILES string of the molecule is CC(NC1(C#N)CCCC1C)c1ccccc1. The third kappa shape index (κ3) is 2.35. The van der Waals surface area contributed by atoms with Crippen LogP contribution < -0.4 is 5.32 Å². The molecule has 2 rings (SSSR count). The van der Waals surface area contributed by atoms with Crippen LogP contribution in [0.2, 0.25) is 0 Å². The Kier molecular flexibility index (Phi) is 3.49. The zero-order valence-corrected chi connectivity index (χ0v) is 10.6. The highest BCUT2D eigenvalue weighted by molar-refractivity contribution is 5.21. The number of nitrogens with one attached hydrogen (secondary N) is 1. The van der Waals surface area contributed by atoms with Crippen LogP contribution >= 0.6 is 0 Å². The van der Waals surface area contributed by atoms with Crippen LogP contribution in [-0.4, -0.2) is 5.54 Å². The van der Waals surface area contributed by atoms with Crippen molar-refractivity contribution in [1.82, 2.24) is 5.32 Å². The van der Waals surface area contributed by atoms with Crippen LogP contribution in [-0.2, 0) is 0 Å². The number of rotatable bonds is 3. The molecule has 1 saturated carbocycles. The summed E-state index contributed by atoms with van der Waals surface area (Å²) in [5, 5.41) is 13.0. The second-order valence-electron chi connectivity index (χ2n) is 5.15. The molecule has 17 heavy (non-hydrogen) atoms. The first-order valence-corrected chi connectivity index (χ1v) is 6.42. The Morgan fingerprint density at radius 2 is 2.12 bits per heavy atom. The van der Waals surface area contributed by atoms with Gasteiger partial charge in [-0.2, -0.15) is 5.26 Å². The minimum Gasteiger partial charge on any atom is -0.293 e. The molecular weight excluding hydrogens is 208 g/mol. The van der Waals surface area contributed by atoms with Gasteiger partial charge in [0.1, 0.15) is 5.54 Å². The molecule has 0 amide bonds. The van der Waals surface area contributed by atoms with E-state index < -0.39 is 0 Å². The standard InChI is InChI=1S/C15H20N2/c1-12-7-6-10-15(12,11-16)17-13(2)14-8-4-3-5-9-14/h3-5,8-9,12-13,17H,6-7,10H2,1-2H3. The molecule has 2 nitrogen and oxygen atoms in total. The number of benzene rings is 1. The second-order valence-corrected chi connectivity index (χ2v) is 5.15. The van der Waals surface area contributed by atoms with E-state index in [4.69, 9.17) is 0 Å². The van der Waals surface area contributed by atoms with Crippen molar-refractivity contribution in [2.75, 3.05) is 0 Å². The Morgan fingerprint density at radius 3 is 2.65 bits per heavy atom. The molecule has 0 spiro atoms. The third-order valence-electron chi connectivity index (χ3n) is 4.02. The lowest BCUT2D eigenvalue weighted by Crippen LogP contribution is -2.47. The van der Waals surface area contributed by atoms with Gasteiger partial charge >= 0.3 is 0 Å². The Bertz CT molecular complexity index is 407. The van der Waals surface area contributed by atoms with Crippen molar-refractivity contribution in [1.29, 1.82) is 5.26 Å². The van der Waals surface area contributed by atoms with E-state index >= 15 is 0 Å². The molecule has 2 heteroatoms. The second kappa shape index (κ2) is 4.89. The minimum absolute atomic E-state index is 0.233. The molecule has 90 valence electrons. The van der Waals surface area contributed by atoms with Crippen LogP contribution in [0.3, 0.4) is 0 Å². The maximum Gasteiger partial charge on any atom is 0.109 e. The first-order valence-electron chi connectivity index (χ1n) is 6.42. The summed E-state index contributed by atoms with van der Waals surface area (Å²) in [5.41, 5.74) is 0.927. The first kappa shape index (κ1) is 12.1. The van der Waals surface area contributed by atoms with E-state index in [1.54, 1.807) is 0 Å². The van der Waals surface area contributed by atoms with Crippen LogP contribution in [0.4, 0.5) is 0 Å². The molecule has 0 heterocycles. The molecule has 1 aliphatic rings. The Labute approximate surface area is 104 Å². The molecule has 3 atom stereocenters. The van der Waals surface area contributed by atoms with Crippen molar-refractivity contribution in [3.8, 4) is 6.07 Å². The first-order chi connectivity index (χ1) is 8.18. The van der Waals surface area contributed by atoms with Gasteiger partial charge in [-0.25, -0.2) is 0 Å². The van der Waals surface area contributed by atoms with Crippen LogP contribution in [0.25, 0.3) is 0 Å². The van der Waals surface area contributed by atoms with E-state index in [9.17, 15) is 5.26 Å². The van der Waals surface area contributed by atoms with Crippen LogP contribution in [0.5, 0.6) is 0 Å². The quantitative estimate of drug-likeness (QED) is 0.860. The lowest BCUT2D eigenvalue weighted by Gasteiger charge is -2.31. The average Bonchev–Trinajstić information content (AvgIpc) is 2.72. The van der Waals surface area contributed by atoms with Crippen molar-refractivity contribution in [2.45, 2.75) is 44.7 Å². The minimum atomic E-state index is -0.324. The monoisotopic (exact) mass is 228 g/mol. The van der Waals surface area contributed by atoms with Gasteiger partial charge in [-0.3, -0.25) is 5.32 Å². The van der Waals surface area contributed by atoms with Gasteiger partial charge in [0.15, 0.2) is 0 Å². The van der Waals surface area contributed by atoms with E-state index in [2.05, 4.69) is 37.4 Å². The fraction of sp³-hybridized carbons (Fsp3) is 0.533. The molecule has 1 fully saturated rings. The topological polar surface area (TPSA) is 35.8 Å². The number of hydrogen-bond donors (Lipinski definition) is 1. The summed E-state index contributed by atoms with van der Waals surface area (Å²) >= 11 is 0. The van der Waals surface area contributed by atoms with E-state index in [0.717, 1.165) is 19.3 Å². The van der Waals surface area contributed by atoms with Crippen molar-refractivity contribution < 1.29 is 0 Å². The largest absolute Gasteiger partial charge is 0.293 e. The molecule has 0 bridgehead atoms. The summed E-state index contributed by atoms with van der Waals surface area (Å²) in [7, 11) is 0. The summed E-state index contributed by atoms with van der Waals surface area (Å²) < 4.78 is 0. The molecule has 0 saturated heterocycles. The average molecular weight is 228 g/mol. The number of nitriles is 1. The molecule has 3 unspecified atom stereocenters. The predicted molar refractivity (Wildman–Crippen MR) is 69.4 cm³/mol. The predicted octanol–water partition coefficient (Wildman–Crippen LogP) is 3.42. The highest BCUT2D eigenvalue weighted by Gasteiger charge is 2.41. The van der Waals surface area contributed by atoms with Crippen LogP contribution in [0, 0.1) is 17.2 Å². The van der Waals surface area contributed by atoms with E-state index in [1.807, 2.05) is 18.2 Å². The maximum absolute atomic E-state index is 9.47. The lowest BCUT2D eigenvalue weighted by molar-refractivity contribution is 0.306. The molecule has 0 aliphatic heterocycles. The van der Waals surface area contributed by atoms with Crippen molar-refractivity contribution in [2.24, 2.45) is 5.92 Å². The third-order valence-corrected chi connectivity index (χ3v) is 4.02. The maximum atomic E-state index is 9.47. The molecule has 1 aromatic rings. The number of hydrogen-bond acceptors (Lipinski definition) is 2. The van der Waals surface area contributed by atoms with Gasteiger partial charge in [0.25, 0.3) is 0 Å². The van der Waals surface area contributed by atoms with E-state index in [1.165, 1.54) is 5.56 Å². The Morgan fingerprint density at radius 1 is 1.41 bits per heavy atom. The van der Waals surface area contributed by atoms with Gasteiger partial charge in [-0.05, 0) is 31.2 Å². The number of nitrogens with zero attached hydrogens (tertiary/aromatic N) is 1. The smallest absolute Gasteiger partial charge is 0.109 e. The molecule has 1 aliphatic carbocycles. The highest BCUT2D eigenvalue weighted by Crippen LogP contribution is 2.36. The van der Waals surface area contributed by atoms with Gasteiger partial charge in [0.2, 0.25) is 0 Å². The molecule has 0 aromatic heterocycles. The molecular formula is C15H20N2. The normalized spacial score (nSPS) is 29.8. The van der Waals surface area contributed by atoms with Gasteiger partial charge in [-0.15, -0.1) is 0 Å². The fourth-order valence-corrected chi connectivity index (χ4v) is 2.80. The fourth-order valence-electron chi connectivity index (χ4n) is 2.80. The summed E-state index contributed by atoms with van der Waals surface area (Å²) in [5.74, 6) is 0.443. The Hall–Kier alpha value is -1.33. The van der Waals surface area contributed by atoms with Crippen molar-refractivity contribution >= 4 is 0 Å². The zero-order valence-electron chi connectivity index (χ0n) is 10.6. The van der Waals surface area contributed by atoms with E-state index in [-0.39, 0.29) is 11.6 Å². The lowest BCUT2D eigenvalue weighted by atomic mass is 9.88. The molecule has 0 radical (unpaired) electrons. The highest BCUT2D eigenvalue weighted by atomic mass is 15.0. The van der Waals surface area contributed by atoms with Gasteiger partial charge in [0, 0.05) is 6.04 Å². The summed E-state index contributed by atoms with van der Waals surface area (Å²) in [6.07, 6.45) is 3.28. The van der Waals surface area contributed by atoms with Gasteiger partial charge in [0.05, 0.1) is 6.07 Å². The van der Waals surface area contributed by atoms with E-state index in [0.29, 0.717) is 5.92 Å². The summed E-state index contributed by atoms with van der Waals surface area (Å²) in [4.78, 5) is 0. The van der Waals surface area contributed by atoms with Crippen molar-refractivity contribution in [3.63, 3.8) is 0 Å². The molecule has 1 aromatic carbocycles. The summed E-state index contributed by atoms with van der Waals surface area (Å²) in [6.45, 7) is 4.32. The zero-order chi connectivity index (χ0) is 12.3. The molecule has 1 N–H and O–H groups in total.